The van der Waals surface area contributed by atoms with Gasteiger partial charge in [-0.2, -0.15) is 0 Å². The molecule has 0 aromatic carbocycles. The molecule has 0 aliphatic rings. The molecule has 0 spiro atoms. The highest BCUT2D eigenvalue weighted by atomic mass is 16.5. The quantitative estimate of drug-likeness (QED) is 0.351. The van der Waals surface area contributed by atoms with Crippen molar-refractivity contribution >= 4 is 11.9 Å². The molecule has 0 saturated heterocycles. The van der Waals surface area contributed by atoms with Crippen molar-refractivity contribution in [1.82, 2.24) is 0 Å². The highest BCUT2D eigenvalue weighted by Gasteiger charge is 2.05. The minimum atomic E-state index is -0.277. The molecule has 0 aromatic heterocycles. The van der Waals surface area contributed by atoms with Gasteiger partial charge in [0.2, 0.25) is 0 Å². The molecular formula is C11H18O4. The Morgan fingerprint density at radius 2 is 1.80 bits per heavy atom. The molecule has 4 nitrogen and oxygen atoms in total. The van der Waals surface area contributed by atoms with E-state index < -0.39 is 0 Å². The summed E-state index contributed by atoms with van der Waals surface area (Å²) in [5.41, 5.74) is 0. The zero-order valence-corrected chi connectivity index (χ0v) is 9.16. The molecule has 4 heteroatoms. The Morgan fingerprint density at radius 1 is 1.20 bits per heavy atom. The van der Waals surface area contributed by atoms with Crippen molar-refractivity contribution in [2.75, 3.05) is 13.2 Å². The van der Waals surface area contributed by atoms with Gasteiger partial charge in [0.25, 0.3) is 0 Å². The summed E-state index contributed by atoms with van der Waals surface area (Å²) in [6.07, 6.45) is 3.35. The lowest BCUT2D eigenvalue weighted by Crippen LogP contribution is -2.08. The monoisotopic (exact) mass is 214 g/mol. The smallest absolute Gasteiger partial charge is 0.305 e. The minimum absolute atomic E-state index is 0.260. The molecule has 0 heterocycles. The van der Waals surface area contributed by atoms with E-state index in [2.05, 4.69) is 6.58 Å². The summed E-state index contributed by atoms with van der Waals surface area (Å²) >= 11 is 0. The van der Waals surface area contributed by atoms with E-state index in [1.165, 1.54) is 0 Å². The average molecular weight is 214 g/mol. The van der Waals surface area contributed by atoms with Crippen LogP contribution in [0, 0.1) is 0 Å². The van der Waals surface area contributed by atoms with Gasteiger partial charge in [0, 0.05) is 12.8 Å². The van der Waals surface area contributed by atoms with E-state index >= 15 is 0 Å². The maximum absolute atomic E-state index is 11.0. The van der Waals surface area contributed by atoms with Gasteiger partial charge in [0.15, 0.2) is 0 Å². The molecular weight excluding hydrogens is 196 g/mol. The topological polar surface area (TPSA) is 52.6 Å². The van der Waals surface area contributed by atoms with Crippen LogP contribution in [0.5, 0.6) is 0 Å². The van der Waals surface area contributed by atoms with E-state index in [-0.39, 0.29) is 24.8 Å². The van der Waals surface area contributed by atoms with Gasteiger partial charge in [0.05, 0.1) is 13.2 Å². The molecule has 0 rings (SSSR count). The van der Waals surface area contributed by atoms with Crippen LogP contribution in [0.3, 0.4) is 0 Å². The summed E-state index contributed by atoms with van der Waals surface area (Å²) in [6, 6.07) is 0. The van der Waals surface area contributed by atoms with Gasteiger partial charge in [-0.05, 0) is 19.8 Å². The first-order valence-electron chi connectivity index (χ1n) is 5.12. The first-order valence-corrected chi connectivity index (χ1v) is 5.12. The number of hydrogen-bond acceptors (Lipinski definition) is 4. The van der Waals surface area contributed by atoms with Crippen LogP contribution in [0.4, 0.5) is 0 Å². The van der Waals surface area contributed by atoms with E-state index in [1.54, 1.807) is 13.0 Å². The van der Waals surface area contributed by atoms with Crippen LogP contribution in [-0.4, -0.2) is 25.2 Å². The second kappa shape index (κ2) is 9.24. The maximum Gasteiger partial charge on any atom is 0.305 e. The lowest BCUT2D eigenvalue weighted by Gasteiger charge is -2.03. The van der Waals surface area contributed by atoms with Crippen molar-refractivity contribution in [3.63, 3.8) is 0 Å². The minimum Gasteiger partial charge on any atom is -0.466 e. The Balaban J connectivity index is 3.38. The predicted octanol–water partition coefficient (Wildman–Crippen LogP) is 1.84. The normalized spacial score (nSPS) is 9.40. The molecule has 0 aliphatic heterocycles. The Kier molecular flexibility index (Phi) is 8.43. The molecule has 86 valence electrons. The maximum atomic E-state index is 11.0. The van der Waals surface area contributed by atoms with Gasteiger partial charge in [-0.3, -0.25) is 9.59 Å². The van der Waals surface area contributed by atoms with Crippen LogP contribution in [0.2, 0.25) is 0 Å². The largest absolute Gasteiger partial charge is 0.466 e. The highest BCUT2D eigenvalue weighted by molar-refractivity contribution is 5.72. The summed E-state index contributed by atoms with van der Waals surface area (Å²) < 4.78 is 9.58. The standard InChI is InChI=1S/C11H18O4/c1-3-5-9-15-11(13)8-6-7-10(12)14-4-2/h3H,1,4-9H2,2H3. The lowest BCUT2D eigenvalue weighted by atomic mass is 10.2. The number of ether oxygens (including phenoxy) is 2. The number of hydrogen-bond donors (Lipinski definition) is 0. The summed E-state index contributed by atoms with van der Waals surface area (Å²) in [5.74, 6) is -0.544. The van der Waals surface area contributed by atoms with E-state index in [4.69, 9.17) is 9.47 Å². The van der Waals surface area contributed by atoms with Crippen LogP contribution in [0.1, 0.15) is 32.6 Å². The highest BCUT2D eigenvalue weighted by Crippen LogP contribution is 2.00. The third kappa shape index (κ3) is 9.00. The number of esters is 2. The van der Waals surface area contributed by atoms with Gasteiger partial charge < -0.3 is 9.47 Å². The summed E-state index contributed by atoms with van der Waals surface area (Å²) in [5, 5.41) is 0. The Morgan fingerprint density at radius 3 is 2.33 bits per heavy atom. The zero-order valence-electron chi connectivity index (χ0n) is 9.16. The third-order valence-corrected chi connectivity index (χ3v) is 1.65. The Bertz CT molecular complexity index is 211. The van der Waals surface area contributed by atoms with Crippen molar-refractivity contribution in [1.29, 1.82) is 0 Å². The van der Waals surface area contributed by atoms with Gasteiger partial charge >= 0.3 is 11.9 Å². The van der Waals surface area contributed by atoms with Crippen molar-refractivity contribution in [2.24, 2.45) is 0 Å². The zero-order chi connectivity index (χ0) is 11.5. The summed E-state index contributed by atoms with van der Waals surface area (Å²) in [4.78, 5) is 21.9. The first-order chi connectivity index (χ1) is 7.20. The lowest BCUT2D eigenvalue weighted by molar-refractivity contribution is -0.145. The number of carbonyl (C=O) groups excluding carboxylic acids is 2. The molecule has 0 aliphatic carbocycles. The molecule has 15 heavy (non-hydrogen) atoms. The van der Waals surface area contributed by atoms with Crippen LogP contribution >= 0.6 is 0 Å². The second-order valence-electron chi connectivity index (χ2n) is 2.96. The molecule has 0 radical (unpaired) electrons. The van der Waals surface area contributed by atoms with Crippen molar-refractivity contribution in [2.45, 2.75) is 32.6 Å². The summed E-state index contributed by atoms with van der Waals surface area (Å²) in [7, 11) is 0. The van der Waals surface area contributed by atoms with Crippen LogP contribution in [0.25, 0.3) is 0 Å². The SMILES string of the molecule is C=CCCOC(=O)CCCC(=O)OCC. The van der Waals surface area contributed by atoms with Gasteiger partial charge in [0.1, 0.15) is 0 Å². The van der Waals surface area contributed by atoms with Crippen molar-refractivity contribution < 1.29 is 19.1 Å². The third-order valence-electron chi connectivity index (χ3n) is 1.65. The fourth-order valence-corrected chi connectivity index (χ4v) is 0.938. The molecule has 0 fully saturated rings. The van der Waals surface area contributed by atoms with Gasteiger partial charge in [-0.15, -0.1) is 6.58 Å². The fraction of sp³-hybridized carbons (Fsp3) is 0.636. The van der Waals surface area contributed by atoms with E-state index in [0.717, 1.165) is 0 Å². The van der Waals surface area contributed by atoms with Crippen molar-refractivity contribution in [3.8, 4) is 0 Å². The second-order valence-corrected chi connectivity index (χ2v) is 2.96. The Hall–Kier alpha value is -1.32. The molecule has 0 bridgehead atoms. The summed E-state index contributed by atoms with van der Waals surface area (Å²) in [6.45, 7) is 6.00. The molecule has 0 aromatic rings. The van der Waals surface area contributed by atoms with E-state index in [1.807, 2.05) is 0 Å². The number of carbonyl (C=O) groups is 2. The first kappa shape index (κ1) is 13.7. The van der Waals surface area contributed by atoms with Crippen LogP contribution in [-0.2, 0) is 19.1 Å². The number of rotatable bonds is 8. The van der Waals surface area contributed by atoms with Gasteiger partial charge in [-0.25, -0.2) is 0 Å². The molecule has 0 unspecified atom stereocenters. The average Bonchev–Trinajstić information content (AvgIpc) is 2.18. The van der Waals surface area contributed by atoms with Gasteiger partial charge in [-0.1, -0.05) is 6.08 Å². The van der Waals surface area contributed by atoms with Crippen molar-refractivity contribution in [3.05, 3.63) is 12.7 Å². The fourth-order valence-electron chi connectivity index (χ4n) is 0.938. The molecule has 0 saturated carbocycles. The van der Waals surface area contributed by atoms with Crippen LogP contribution < -0.4 is 0 Å². The molecule has 0 N–H and O–H groups in total. The predicted molar refractivity (Wildman–Crippen MR) is 56.3 cm³/mol. The van der Waals surface area contributed by atoms with E-state index in [9.17, 15) is 9.59 Å². The Labute approximate surface area is 90.2 Å². The van der Waals surface area contributed by atoms with Crippen LogP contribution in [0.15, 0.2) is 12.7 Å². The molecule has 0 amide bonds. The van der Waals surface area contributed by atoms with E-state index in [0.29, 0.717) is 26.1 Å². The molecule has 0 atom stereocenters.